The monoisotopic (exact) mass is 890 g/mol. The van der Waals surface area contributed by atoms with E-state index in [9.17, 15) is 0 Å². The number of para-hydroxylation sites is 2. The zero-order chi connectivity index (χ0) is 45.6. The van der Waals surface area contributed by atoms with Gasteiger partial charge in [-0.1, -0.05) is 162 Å². The summed E-state index contributed by atoms with van der Waals surface area (Å²) in [4.78, 5) is 0. The van der Waals surface area contributed by atoms with Gasteiger partial charge in [-0.2, -0.15) is 0 Å². The molecule has 0 amide bonds. The Kier molecular flexibility index (Phi) is 9.29. The molecule has 2 aromatic heterocycles. The fourth-order valence-electron chi connectivity index (χ4n) is 12.4. The van der Waals surface area contributed by atoms with Crippen LogP contribution in [-0.2, 0) is 0 Å². The summed E-state index contributed by atoms with van der Waals surface area (Å²) in [5, 5.41) is 8.66. The number of rotatable bonds is 6. The molecule has 4 atom stereocenters. The molecule has 3 aliphatic carbocycles. The van der Waals surface area contributed by atoms with Gasteiger partial charge in [0.2, 0.25) is 0 Å². The first-order chi connectivity index (χ1) is 31.7. The normalized spacial score (nSPS) is 19.4. The van der Waals surface area contributed by atoms with E-state index in [0.717, 1.165) is 6.42 Å². The van der Waals surface area contributed by atoms with Gasteiger partial charge < -0.3 is 9.13 Å². The zero-order valence-electron chi connectivity index (χ0n) is 40.5. The van der Waals surface area contributed by atoms with Crippen molar-refractivity contribution in [3.63, 3.8) is 0 Å². The molecule has 0 N–H and O–H groups in total. The van der Waals surface area contributed by atoms with Crippen LogP contribution in [0.1, 0.15) is 92.0 Å². The number of aromatic nitrogens is 2. The van der Waals surface area contributed by atoms with Gasteiger partial charge in [0.1, 0.15) is 0 Å². The molecule has 0 radical (unpaired) electrons. The highest BCUT2D eigenvalue weighted by molar-refractivity contribution is 6.88. The number of benzene rings is 7. The van der Waals surface area contributed by atoms with Gasteiger partial charge in [0.15, 0.2) is 0 Å². The Morgan fingerprint density at radius 2 is 0.955 bits per heavy atom. The lowest BCUT2D eigenvalue weighted by Gasteiger charge is -2.42. The van der Waals surface area contributed by atoms with Crippen molar-refractivity contribution in [2.45, 2.75) is 103 Å². The third-order valence-corrected chi connectivity index (χ3v) is 20.7. The van der Waals surface area contributed by atoms with Gasteiger partial charge in [-0.05, 0) is 153 Å². The van der Waals surface area contributed by atoms with Crippen LogP contribution >= 0.6 is 0 Å². The van der Waals surface area contributed by atoms with E-state index in [2.05, 4.69) is 222 Å². The van der Waals surface area contributed by atoms with E-state index in [1.807, 2.05) is 0 Å². The van der Waals surface area contributed by atoms with E-state index in [1.54, 1.807) is 5.20 Å². The van der Waals surface area contributed by atoms with Gasteiger partial charge in [-0.25, -0.2) is 0 Å². The standard InChI is InChI=1S/C62H62N2Si2/c1-37-39(3)57-60-50(36-54-52-34-44(42-20-18-26-48(32-42)66(8,9)10)28-30-56(52)63(61(54)57)45-21-13-11-14-22-45)38(2)40(4)58-59(60)49(37)35-53-51-33-43(41-19-17-25-47(31-41)65(5,6)7)27-29-55(51)64(62(53)58)46-23-15-12-16-24-46/h11-17,19-25,27-40H,18,26H2,1-10H3. The van der Waals surface area contributed by atoms with Crippen molar-refractivity contribution < 1.29 is 0 Å². The van der Waals surface area contributed by atoms with Gasteiger partial charge in [0, 0.05) is 32.9 Å². The third kappa shape index (κ3) is 6.10. The average molecular weight is 891 g/mol. The molecule has 328 valence electrons. The molecule has 2 nitrogen and oxygen atoms in total. The molecule has 0 saturated heterocycles. The molecular weight excluding hydrogens is 829 g/mol. The Bertz CT molecular complexity index is 3550. The van der Waals surface area contributed by atoms with Crippen molar-refractivity contribution in [3.05, 3.63) is 179 Å². The molecule has 2 heterocycles. The molecular formula is C62H62N2Si2. The second kappa shape index (κ2) is 14.8. The van der Waals surface area contributed by atoms with Crippen LogP contribution in [0.25, 0.3) is 82.8 Å². The number of nitrogens with zero attached hydrogens (tertiary/aromatic N) is 2. The van der Waals surface area contributed by atoms with Crippen molar-refractivity contribution in [1.82, 2.24) is 9.13 Å². The summed E-state index contributed by atoms with van der Waals surface area (Å²) in [5.74, 6) is 1.24. The smallest absolute Gasteiger partial charge is 0.0776 e. The van der Waals surface area contributed by atoms with Gasteiger partial charge in [-0.15, -0.1) is 0 Å². The summed E-state index contributed by atoms with van der Waals surface area (Å²) in [6, 6.07) is 51.7. The quantitative estimate of drug-likeness (QED) is 0.147. The second-order valence-corrected chi connectivity index (χ2v) is 32.4. The Morgan fingerprint density at radius 3 is 1.47 bits per heavy atom. The first kappa shape index (κ1) is 41.5. The maximum absolute atomic E-state index is 2.65. The fraction of sp³-hybridized carbons (Fsp3) is 0.258. The van der Waals surface area contributed by atoms with Crippen LogP contribution in [0, 0.1) is 0 Å². The zero-order valence-corrected chi connectivity index (χ0v) is 42.5. The van der Waals surface area contributed by atoms with Gasteiger partial charge in [-0.3, -0.25) is 0 Å². The minimum Gasteiger partial charge on any atom is -0.309 e. The van der Waals surface area contributed by atoms with Crippen LogP contribution in [0.4, 0.5) is 0 Å². The summed E-state index contributed by atoms with van der Waals surface area (Å²) < 4.78 is 5.24. The van der Waals surface area contributed by atoms with Crippen LogP contribution in [0.3, 0.4) is 0 Å². The Balaban J connectivity index is 1.18. The summed E-state index contributed by atoms with van der Waals surface area (Å²) in [6.45, 7) is 24.9. The van der Waals surface area contributed by atoms with Crippen molar-refractivity contribution in [3.8, 4) is 33.6 Å². The number of hydrogen-bond acceptors (Lipinski definition) is 0. The third-order valence-electron chi connectivity index (χ3n) is 16.4. The van der Waals surface area contributed by atoms with Crippen molar-refractivity contribution in [2.75, 3.05) is 0 Å². The molecule has 4 heteroatoms. The van der Waals surface area contributed by atoms with E-state index in [0.29, 0.717) is 23.7 Å². The van der Waals surface area contributed by atoms with Crippen molar-refractivity contribution in [1.29, 1.82) is 0 Å². The molecule has 4 unspecified atom stereocenters. The topological polar surface area (TPSA) is 9.86 Å². The van der Waals surface area contributed by atoms with E-state index in [-0.39, 0.29) is 0 Å². The van der Waals surface area contributed by atoms with E-state index < -0.39 is 16.1 Å². The molecule has 9 aromatic rings. The maximum atomic E-state index is 2.65. The van der Waals surface area contributed by atoms with Crippen molar-refractivity contribution >= 4 is 70.5 Å². The van der Waals surface area contributed by atoms with Crippen LogP contribution in [0.5, 0.6) is 0 Å². The summed E-state index contributed by atoms with van der Waals surface area (Å²) in [5.41, 5.74) is 22.2. The first-order valence-corrected chi connectivity index (χ1v) is 31.6. The lowest BCUT2D eigenvalue weighted by molar-refractivity contribution is 0.584. The number of hydrogen-bond donors (Lipinski definition) is 0. The molecule has 0 spiro atoms. The minimum absolute atomic E-state index is 0.302. The van der Waals surface area contributed by atoms with Gasteiger partial charge in [0.05, 0.1) is 38.2 Å². The highest BCUT2D eigenvalue weighted by Crippen LogP contribution is 2.61. The summed E-state index contributed by atoms with van der Waals surface area (Å²) in [7, 11) is -2.90. The predicted molar refractivity (Wildman–Crippen MR) is 291 cm³/mol. The summed E-state index contributed by atoms with van der Waals surface area (Å²) >= 11 is 0. The van der Waals surface area contributed by atoms with Crippen LogP contribution in [0.15, 0.2) is 151 Å². The second-order valence-electron chi connectivity index (χ2n) is 22.2. The molecule has 7 aromatic carbocycles. The fourth-order valence-corrected chi connectivity index (χ4v) is 15.0. The molecule has 12 rings (SSSR count). The molecule has 66 heavy (non-hydrogen) atoms. The lowest BCUT2D eigenvalue weighted by Crippen LogP contribution is -2.37. The minimum atomic E-state index is -1.49. The van der Waals surface area contributed by atoms with Crippen LogP contribution in [-0.4, -0.2) is 25.3 Å². The summed E-state index contributed by atoms with van der Waals surface area (Å²) in [6.07, 6.45) is 7.37. The molecule has 3 aliphatic rings. The van der Waals surface area contributed by atoms with Gasteiger partial charge in [0.25, 0.3) is 0 Å². The lowest BCUT2D eigenvalue weighted by atomic mass is 9.62. The maximum Gasteiger partial charge on any atom is 0.0776 e. The highest BCUT2D eigenvalue weighted by atomic mass is 28.3. The average Bonchev–Trinajstić information content (AvgIpc) is 3.83. The largest absolute Gasteiger partial charge is 0.309 e. The van der Waals surface area contributed by atoms with Crippen LogP contribution < -0.4 is 5.19 Å². The number of allylic oxidation sites excluding steroid dienone is 4. The molecule has 0 aliphatic heterocycles. The van der Waals surface area contributed by atoms with Crippen molar-refractivity contribution in [2.24, 2.45) is 0 Å². The van der Waals surface area contributed by atoms with Crippen LogP contribution in [0.2, 0.25) is 39.3 Å². The molecule has 0 saturated carbocycles. The molecule has 0 fully saturated rings. The Hall–Kier alpha value is -5.95. The van der Waals surface area contributed by atoms with E-state index >= 15 is 0 Å². The predicted octanol–water partition coefficient (Wildman–Crippen LogP) is 17.2. The van der Waals surface area contributed by atoms with E-state index in [4.69, 9.17) is 0 Å². The SMILES string of the molecule is CC1c2cc3c4cc(-c5cccc([Si](C)(C)C)c5)ccc4n(-c4ccccc4)c3c3c2-c2c(cc4c5cc(C6=CCCC([Si](C)(C)C)=C6)ccc5n(-c5ccccc5)c4c2C1C)C(C)C3C. The molecule has 0 bridgehead atoms. The Morgan fingerprint density at radius 1 is 0.455 bits per heavy atom. The number of fused-ring (bicyclic) bond motifs is 8. The van der Waals surface area contributed by atoms with E-state index in [1.165, 1.54) is 122 Å². The highest BCUT2D eigenvalue weighted by Gasteiger charge is 2.42. The Labute approximate surface area is 393 Å². The first-order valence-electron chi connectivity index (χ1n) is 24.6. The van der Waals surface area contributed by atoms with Gasteiger partial charge >= 0.3 is 0 Å².